The second kappa shape index (κ2) is 6.21. The molecule has 0 saturated carbocycles. The molecule has 0 aliphatic rings. The van der Waals surface area contributed by atoms with Crippen LogP contribution in [0.2, 0.25) is 8.67 Å². The normalized spacial score (nSPS) is 12.9. The summed E-state index contributed by atoms with van der Waals surface area (Å²) in [5, 5.41) is 7.75. The summed E-state index contributed by atoms with van der Waals surface area (Å²) in [7, 11) is 0. The summed E-state index contributed by atoms with van der Waals surface area (Å²) in [5.74, 6) is 0. The highest BCUT2D eigenvalue weighted by Gasteiger charge is 2.12. The number of hydrogen-bond acceptors (Lipinski definition) is 3. The zero-order valence-corrected chi connectivity index (χ0v) is 12.5. The van der Waals surface area contributed by atoms with E-state index in [1.54, 1.807) is 11.3 Å². The average Bonchev–Trinajstić information content (AvgIpc) is 2.88. The topological polar surface area (TPSA) is 12.0 Å². The van der Waals surface area contributed by atoms with Crippen LogP contribution in [0.25, 0.3) is 0 Å². The van der Waals surface area contributed by atoms with Gasteiger partial charge in [-0.1, -0.05) is 23.2 Å². The molecule has 0 radical (unpaired) electrons. The molecule has 5 heteroatoms. The Morgan fingerprint density at radius 2 is 2.24 bits per heavy atom. The van der Waals surface area contributed by atoms with Crippen molar-refractivity contribution in [1.82, 2.24) is 5.32 Å². The van der Waals surface area contributed by atoms with Gasteiger partial charge in [0.1, 0.15) is 0 Å². The zero-order chi connectivity index (χ0) is 12.3. The van der Waals surface area contributed by atoms with E-state index in [0.717, 1.165) is 27.2 Å². The van der Waals surface area contributed by atoms with Gasteiger partial charge in [0.15, 0.2) is 0 Å². The molecule has 2 rings (SSSR count). The van der Waals surface area contributed by atoms with Crippen LogP contribution in [0.1, 0.15) is 24.1 Å². The summed E-state index contributed by atoms with van der Waals surface area (Å²) in [6.07, 6.45) is 1.04. The molecule has 1 N–H and O–H groups in total. The lowest BCUT2D eigenvalue weighted by molar-refractivity contribution is 0.579. The number of rotatable bonds is 5. The van der Waals surface area contributed by atoms with Crippen LogP contribution in [0.5, 0.6) is 0 Å². The fraction of sp³-hybridized carbons (Fsp3) is 0.333. The third kappa shape index (κ3) is 3.70. The molecule has 2 aromatic rings. The van der Waals surface area contributed by atoms with Crippen molar-refractivity contribution in [3.63, 3.8) is 0 Å². The lowest BCUT2D eigenvalue weighted by atomic mass is 10.1. The number of hydrogen-bond donors (Lipinski definition) is 1. The summed E-state index contributed by atoms with van der Waals surface area (Å²) in [6.45, 7) is 3.06. The molecule has 0 bridgehead atoms. The van der Waals surface area contributed by atoms with Gasteiger partial charge in [-0.3, -0.25) is 0 Å². The van der Waals surface area contributed by atoms with Crippen molar-refractivity contribution in [2.45, 2.75) is 19.4 Å². The van der Waals surface area contributed by atoms with Crippen molar-refractivity contribution in [2.24, 2.45) is 0 Å². The Bertz CT molecular complexity index is 465. The van der Waals surface area contributed by atoms with Gasteiger partial charge in [0.05, 0.1) is 8.67 Å². The van der Waals surface area contributed by atoms with Crippen LogP contribution in [0.3, 0.4) is 0 Å². The highest BCUT2D eigenvalue weighted by molar-refractivity contribution is 7.20. The maximum absolute atomic E-state index is 6.11. The monoisotopic (exact) mass is 305 g/mol. The van der Waals surface area contributed by atoms with Crippen molar-refractivity contribution in [3.8, 4) is 0 Å². The fourth-order valence-corrected chi connectivity index (χ4v) is 3.97. The van der Waals surface area contributed by atoms with E-state index in [2.05, 4.69) is 29.1 Å². The molecule has 1 atom stereocenters. The lowest BCUT2D eigenvalue weighted by Crippen LogP contribution is -2.21. The first-order valence-corrected chi connectivity index (χ1v) is 7.87. The van der Waals surface area contributed by atoms with Gasteiger partial charge in [0.2, 0.25) is 0 Å². The Morgan fingerprint density at radius 3 is 2.82 bits per heavy atom. The van der Waals surface area contributed by atoms with Crippen molar-refractivity contribution in [1.29, 1.82) is 0 Å². The number of nitrogens with one attached hydrogen (secondary N) is 1. The molecule has 2 heterocycles. The first-order chi connectivity index (χ1) is 8.16. The SMILES string of the molecule is CC(NCCc1ccsc1)c1cc(Cl)sc1Cl. The molecule has 1 nitrogen and oxygen atoms in total. The smallest absolute Gasteiger partial charge is 0.0991 e. The van der Waals surface area contributed by atoms with Gasteiger partial charge in [-0.2, -0.15) is 11.3 Å². The van der Waals surface area contributed by atoms with Gasteiger partial charge < -0.3 is 5.32 Å². The van der Waals surface area contributed by atoms with E-state index in [1.165, 1.54) is 16.9 Å². The summed E-state index contributed by atoms with van der Waals surface area (Å²) in [5.41, 5.74) is 2.47. The van der Waals surface area contributed by atoms with Crippen LogP contribution in [0.4, 0.5) is 0 Å². The quantitative estimate of drug-likeness (QED) is 0.819. The molecule has 0 aliphatic heterocycles. The molecule has 0 aromatic carbocycles. The second-order valence-electron chi connectivity index (χ2n) is 3.84. The van der Waals surface area contributed by atoms with Gasteiger partial charge >= 0.3 is 0 Å². The molecule has 17 heavy (non-hydrogen) atoms. The Kier molecular flexibility index (Phi) is 4.88. The van der Waals surface area contributed by atoms with Crippen molar-refractivity contribution < 1.29 is 0 Å². The minimum atomic E-state index is 0.241. The standard InChI is InChI=1S/C12H13Cl2NS2/c1-8(10-6-11(13)17-12(10)14)15-4-2-9-3-5-16-7-9/h3,5-8,15H,2,4H2,1H3. The van der Waals surface area contributed by atoms with E-state index < -0.39 is 0 Å². The van der Waals surface area contributed by atoms with Crippen LogP contribution in [-0.4, -0.2) is 6.54 Å². The van der Waals surface area contributed by atoms with Crippen LogP contribution in [0, 0.1) is 0 Å². The van der Waals surface area contributed by atoms with Crippen molar-refractivity contribution in [3.05, 3.63) is 42.7 Å². The van der Waals surface area contributed by atoms with Crippen molar-refractivity contribution >= 4 is 45.9 Å². The van der Waals surface area contributed by atoms with E-state index in [0.29, 0.717) is 0 Å². The van der Waals surface area contributed by atoms with E-state index in [4.69, 9.17) is 23.2 Å². The summed E-state index contributed by atoms with van der Waals surface area (Å²) in [4.78, 5) is 0. The molecule has 0 aliphatic carbocycles. The van der Waals surface area contributed by atoms with Crippen LogP contribution in [-0.2, 0) is 6.42 Å². The molecule has 0 fully saturated rings. The Hall–Kier alpha value is -0.0600. The largest absolute Gasteiger partial charge is 0.310 e. The third-order valence-corrected chi connectivity index (χ3v) is 4.84. The zero-order valence-electron chi connectivity index (χ0n) is 9.37. The predicted octanol–water partition coefficient (Wildman–Crippen LogP) is 5.01. The van der Waals surface area contributed by atoms with Crippen LogP contribution < -0.4 is 5.32 Å². The highest BCUT2D eigenvalue weighted by Crippen LogP contribution is 2.34. The van der Waals surface area contributed by atoms with Gasteiger partial charge in [-0.25, -0.2) is 0 Å². The Balaban J connectivity index is 1.85. The summed E-state index contributed by atoms with van der Waals surface area (Å²) < 4.78 is 1.53. The first kappa shape index (κ1) is 13.4. The van der Waals surface area contributed by atoms with E-state index in [1.807, 2.05) is 6.07 Å². The van der Waals surface area contributed by atoms with E-state index >= 15 is 0 Å². The maximum atomic E-state index is 6.11. The molecule has 1 unspecified atom stereocenters. The summed E-state index contributed by atoms with van der Waals surface area (Å²) >= 11 is 15.2. The van der Waals surface area contributed by atoms with Gasteiger partial charge in [0, 0.05) is 6.04 Å². The molecular weight excluding hydrogens is 293 g/mol. The van der Waals surface area contributed by atoms with Gasteiger partial charge in [0.25, 0.3) is 0 Å². The second-order valence-corrected chi connectivity index (χ2v) is 6.90. The average molecular weight is 306 g/mol. The third-order valence-electron chi connectivity index (χ3n) is 2.59. The summed E-state index contributed by atoms with van der Waals surface area (Å²) in [6, 6.07) is 4.34. The van der Waals surface area contributed by atoms with Gasteiger partial charge in [-0.15, -0.1) is 11.3 Å². The minimum absolute atomic E-state index is 0.241. The van der Waals surface area contributed by atoms with Crippen molar-refractivity contribution in [2.75, 3.05) is 6.54 Å². The Morgan fingerprint density at radius 1 is 1.41 bits per heavy atom. The van der Waals surface area contributed by atoms with Crippen LogP contribution >= 0.6 is 45.9 Å². The van der Waals surface area contributed by atoms with E-state index in [9.17, 15) is 0 Å². The highest BCUT2D eigenvalue weighted by atomic mass is 35.5. The maximum Gasteiger partial charge on any atom is 0.0991 e. The molecule has 0 saturated heterocycles. The molecule has 92 valence electrons. The lowest BCUT2D eigenvalue weighted by Gasteiger charge is -2.12. The van der Waals surface area contributed by atoms with Crippen LogP contribution in [0.15, 0.2) is 22.9 Å². The van der Waals surface area contributed by atoms with E-state index in [-0.39, 0.29) is 6.04 Å². The minimum Gasteiger partial charge on any atom is -0.310 e. The molecule has 0 spiro atoms. The first-order valence-electron chi connectivity index (χ1n) is 5.36. The predicted molar refractivity (Wildman–Crippen MR) is 78.8 cm³/mol. The Labute approximate surface area is 119 Å². The molecule has 2 aromatic heterocycles. The fourth-order valence-electron chi connectivity index (χ4n) is 1.63. The number of thiophene rings is 2. The molecule has 0 amide bonds. The molecular formula is C12H13Cl2NS2. The van der Waals surface area contributed by atoms with Gasteiger partial charge in [-0.05, 0) is 53.9 Å². The number of halogens is 2.